The van der Waals surface area contributed by atoms with Crippen molar-refractivity contribution >= 4 is 17.8 Å². The Morgan fingerprint density at radius 1 is 1.43 bits per heavy atom. The average Bonchev–Trinajstić information content (AvgIpc) is 2.48. The molecule has 0 aromatic carbocycles. The van der Waals surface area contributed by atoms with Crippen LogP contribution in [0.3, 0.4) is 0 Å². The van der Waals surface area contributed by atoms with Crippen molar-refractivity contribution in [1.29, 1.82) is 0 Å². The van der Waals surface area contributed by atoms with Crippen molar-refractivity contribution in [2.45, 2.75) is 19.8 Å². The van der Waals surface area contributed by atoms with Gasteiger partial charge in [-0.25, -0.2) is 5.06 Å². The second-order valence-electron chi connectivity index (χ2n) is 4.20. The fourth-order valence-electron chi connectivity index (χ4n) is 1.46. The molecule has 1 aromatic rings. The third-order valence-corrected chi connectivity index (χ3v) is 2.53. The normalized spacial score (nSPS) is 9.81. The standard InChI is InChI=1S/C13H20N6O2/c1-5-8-15-12-16-11(7-6-9-14-10(2)20)17-13(18-12)19(3)21-4/h1H,6-9H2,2-4H3,(H,14,20)(H,15,16,17,18). The Balaban J connectivity index is 2.76. The SMILES string of the molecule is C#CCNc1nc(CCCNC(C)=O)nc(N(C)OC)n1. The number of hydrogen-bond donors (Lipinski definition) is 2. The van der Waals surface area contributed by atoms with E-state index in [0.29, 0.717) is 37.2 Å². The topological polar surface area (TPSA) is 92.3 Å². The summed E-state index contributed by atoms with van der Waals surface area (Å²) in [4.78, 5) is 28.7. The van der Waals surface area contributed by atoms with Gasteiger partial charge in [0.25, 0.3) is 5.95 Å². The lowest BCUT2D eigenvalue weighted by Gasteiger charge is -2.15. The first-order valence-electron chi connectivity index (χ1n) is 6.51. The summed E-state index contributed by atoms with van der Waals surface area (Å²) >= 11 is 0. The minimum Gasteiger partial charge on any atom is -0.356 e. The number of amides is 1. The van der Waals surface area contributed by atoms with Crippen molar-refractivity contribution in [1.82, 2.24) is 20.3 Å². The van der Waals surface area contributed by atoms with Crippen LogP contribution in [0.4, 0.5) is 11.9 Å². The summed E-state index contributed by atoms with van der Waals surface area (Å²) in [6, 6.07) is 0. The lowest BCUT2D eigenvalue weighted by Crippen LogP contribution is -2.22. The molecule has 0 saturated heterocycles. The molecule has 0 aliphatic carbocycles. The molecule has 114 valence electrons. The van der Waals surface area contributed by atoms with Crippen LogP contribution in [0.1, 0.15) is 19.2 Å². The first-order valence-corrected chi connectivity index (χ1v) is 6.51. The summed E-state index contributed by atoms with van der Waals surface area (Å²) in [6.07, 6.45) is 6.55. The molecule has 2 N–H and O–H groups in total. The van der Waals surface area contributed by atoms with E-state index in [-0.39, 0.29) is 5.91 Å². The number of carbonyl (C=O) groups excluding carboxylic acids is 1. The lowest BCUT2D eigenvalue weighted by molar-refractivity contribution is -0.118. The number of nitrogens with zero attached hydrogens (tertiary/aromatic N) is 4. The van der Waals surface area contributed by atoms with E-state index in [1.807, 2.05) is 0 Å². The Bertz CT molecular complexity index is 514. The van der Waals surface area contributed by atoms with Gasteiger partial charge in [0.1, 0.15) is 5.82 Å². The molecule has 0 saturated carbocycles. The first kappa shape index (κ1) is 16.7. The Morgan fingerprint density at radius 3 is 2.81 bits per heavy atom. The van der Waals surface area contributed by atoms with E-state index in [2.05, 4.69) is 31.5 Å². The number of nitrogens with one attached hydrogen (secondary N) is 2. The van der Waals surface area contributed by atoms with Crippen LogP contribution in [0, 0.1) is 12.3 Å². The van der Waals surface area contributed by atoms with E-state index in [4.69, 9.17) is 11.3 Å². The number of aryl methyl sites for hydroxylation is 1. The molecular formula is C13H20N6O2. The largest absolute Gasteiger partial charge is 0.356 e. The summed E-state index contributed by atoms with van der Waals surface area (Å²) in [7, 11) is 3.22. The van der Waals surface area contributed by atoms with Gasteiger partial charge in [-0.1, -0.05) is 5.92 Å². The number of terminal acetylenes is 1. The van der Waals surface area contributed by atoms with Gasteiger partial charge in [0, 0.05) is 26.9 Å². The van der Waals surface area contributed by atoms with Gasteiger partial charge in [-0.2, -0.15) is 15.0 Å². The van der Waals surface area contributed by atoms with Crippen molar-refractivity contribution in [3.63, 3.8) is 0 Å². The van der Waals surface area contributed by atoms with E-state index in [1.54, 1.807) is 7.05 Å². The van der Waals surface area contributed by atoms with Crippen molar-refractivity contribution in [2.75, 3.05) is 37.6 Å². The highest BCUT2D eigenvalue weighted by molar-refractivity contribution is 5.72. The van der Waals surface area contributed by atoms with E-state index >= 15 is 0 Å². The van der Waals surface area contributed by atoms with Crippen molar-refractivity contribution < 1.29 is 9.63 Å². The smallest absolute Gasteiger partial charge is 0.254 e. The van der Waals surface area contributed by atoms with Crippen LogP contribution in [0.25, 0.3) is 0 Å². The van der Waals surface area contributed by atoms with E-state index in [1.165, 1.54) is 19.1 Å². The maximum atomic E-state index is 10.8. The molecule has 8 nitrogen and oxygen atoms in total. The summed E-state index contributed by atoms with van der Waals surface area (Å²) in [6.45, 7) is 2.38. The second kappa shape index (κ2) is 8.71. The number of anilines is 2. The van der Waals surface area contributed by atoms with E-state index in [0.717, 1.165) is 6.42 Å². The molecule has 1 rings (SSSR count). The minimum atomic E-state index is -0.0539. The number of hydrogen-bond acceptors (Lipinski definition) is 7. The molecule has 0 spiro atoms. The maximum absolute atomic E-state index is 10.8. The van der Waals surface area contributed by atoms with Crippen LogP contribution in [-0.2, 0) is 16.1 Å². The van der Waals surface area contributed by atoms with Crippen LogP contribution in [0.15, 0.2) is 0 Å². The van der Waals surface area contributed by atoms with Crippen LogP contribution < -0.4 is 15.7 Å². The molecule has 1 heterocycles. The highest BCUT2D eigenvalue weighted by Gasteiger charge is 2.10. The molecule has 8 heteroatoms. The number of hydroxylamine groups is 1. The van der Waals surface area contributed by atoms with Gasteiger partial charge in [-0.15, -0.1) is 6.42 Å². The summed E-state index contributed by atoms with van der Waals surface area (Å²) in [5.74, 6) is 3.80. The van der Waals surface area contributed by atoms with Crippen molar-refractivity contribution in [3.05, 3.63) is 5.82 Å². The van der Waals surface area contributed by atoms with Gasteiger partial charge in [-0.3, -0.25) is 9.63 Å². The molecule has 1 amide bonds. The van der Waals surface area contributed by atoms with Gasteiger partial charge in [0.15, 0.2) is 0 Å². The Kier molecular flexibility index (Phi) is 6.91. The van der Waals surface area contributed by atoms with Crippen LogP contribution in [-0.4, -0.2) is 48.1 Å². The third kappa shape index (κ3) is 6.05. The number of carbonyl (C=O) groups is 1. The predicted molar refractivity (Wildman–Crippen MR) is 79.6 cm³/mol. The fraction of sp³-hybridized carbons (Fsp3) is 0.538. The van der Waals surface area contributed by atoms with Crippen LogP contribution in [0.2, 0.25) is 0 Å². The molecule has 1 aromatic heterocycles. The molecule has 0 fully saturated rings. The lowest BCUT2D eigenvalue weighted by atomic mass is 10.3. The summed E-state index contributed by atoms with van der Waals surface area (Å²) in [5, 5.41) is 7.07. The Hall–Kier alpha value is -2.40. The highest BCUT2D eigenvalue weighted by Crippen LogP contribution is 2.10. The third-order valence-electron chi connectivity index (χ3n) is 2.53. The van der Waals surface area contributed by atoms with Crippen molar-refractivity contribution in [3.8, 4) is 12.3 Å². The average molecular weight is 292 g/mol. The molecule has 0 radical (unpaired) electrons. The number of aromatic nitrogens is 3. The Labute approximate surface area is 124 Å². The van der Waals surface area contributed by atoms with Gasteiger partial charge < -0.3 is 10.6 Å². The van der Waals surface area contributed by atoms with Crippen molar-refractivity contribution in [2.24, 2.45) is 0 Å². The van der Waals surface area contributed by atoms with Crippen LogP contribution >= 0.6 is 0 Å². The monoisotopic (exact) mass is 292 g/mol. The first-order chi connectivity index (χ1) is 10.1. The van der Waals surface area contributed by atoms with E-state index in [9.17, 15) is 4.79 Å². The van der Waals surface area contributed by atoms with Gasteiger partial charge >= 0.3 is 0 Å². The second-order valence-corrected chi connectivity index (χ2v) is 4.20. The zero-order chi connectivity index (χ0) is 15.7. The summed E-state index contributed by atoms with van der Waals surface area (Å²) in [5.41, 5.74) is 0. The number of rotatable bonds is 8. The zero-order valence-corrected chi connectivity index (χ0v) is 12.5. The van der Waals surface area contributed by atoms with Crippen LogP contribution in [0.5, 0.6) is 0 Å². The summed E-state index contributed by atoms with van der Waals surface area (Å²) < 4.78 is 0. The molecule has 0 atom stereocenters. The molecular weight excluding hydrogens is 272 g/mol. The van der Waals surface area contributed by atoms with Gasteiger partial charge in [0.05, 0.1) is 13.7 Å². The molecule has 0 bridgehead atoms. The minimum absolute atomic E-state index is 0.0539. The maximum Gasteiger partial charge on any atom is 0.254 e. The molecule has 0 aliphatic heterocycles. The molecule has 0 aliphatic rings. The van der Waals surface area contributed by atoms with Gasteiger partial charge in [0.2, 0.25) is 11.9 Å². The molecule has 21 heavy (non-hydrogen) atoms. The zero-order valence-electron chi connectivity index (χ0n) is 12.5. The quantitative estimate of drug-likeness (QED) is 0.395. The fourth-order valence-corrected chi connectivity index (χ4v) is 1.46. The van der Waals surface area contributed by atoms with E-state index < -0.39 is 0 Å². The predicted octanol–water partition coefficient (Wildman–Crippen LogP) is -0.0170. The molecule has 0 unspecified atom stereocenters. The Morgan fingerprint density at radius 2 is 2.19 bits per heavy atom. The van der Waals surface area contributed by atoms with Gasteiger partial charge in [-0.05, 0) is 6.42 Å². The highest BCUT2D eigenvalue weighted by atomic mass is 16.7.